The molecule has 0 radical (unpaired) electrons. The Morgan fingerprint density at radius 3 is 2.43 bits per heavy atom. The zero-order chi connectivity index (χ0) is 21.7. The summed E-state index contributed by atoms with van der Waals surface area (Å²) in [7, 11) is -2.67. The first kappa shape index (κ1) is 21.4. The van der Waals surface area contributed by atoms with E-state index in [-0.39, 0.29) is 16.2 Å². The molecule has 0 saturated heterocycles. The van der Waals surface area contributed by atoms with Crippen LogP contribution in [0.25, 0.3) is 0 Å². The first-order valence-corrected chi connectivity index (χ1v) is 10.9. The van der Waals surface area contributed by atoms with Gasteiger partial charge in [0.1, 0.15) is 10.6 Å². The van der Waals surface area contributed by atoms with Gasteiger partial charge in [-0.2, -0.15) is 5.26 Å². The minimum atomic E-state index is -4.02. The summed E-state index contributed by atoms with van der Waals surface area (Å²) in [5.41, 5.74) is 1.30. The van der Waals surface area contributed by atoms with Crippen molar-refractivity contribution in [3.8, 4) is 11.8 Å². The molecule has 0 heterocycles. The third-order valence-electron chi connectivity index (χ3n) is 4.06. The molecule has 0 spiro atoms. The number of nitrogens with zero attached hydrogens (tertiary/aromatic N) is 1. The highest BCUT2D eigenvalue weighted by Gasteiger charge is 2.22. The van der Waals surface area contributed by atoms with Gasteiger partial charge in [-0.15, -0.1) is 0 Å². The molecule has 0 aliphatic rings. The van der Waals surface area contributed by atoms with Gasteiger partial charge in [0.15, 0.2) is 0 Å². The minimum Gasteiger partial charge on any atom is -0.495 e. The van der Waals surface area contributed by atoms with Crippen LogP contribution in [0.15, 0.2) is 76.1 Å². The molecule has 3 rings (SSSR count). The lowest BCUT2D eigenvalue weighted by atomic mass is 10.2. The molecule has 0 bridgehead atoms. The van der Waals surface area contributed by atoms with E-state index in [1.165, 1.54) is 31.4 Å². The first-order chi connectivity index (χ1) is 14.3. The van der Waals surface area contributed by atoms with E-state index >= 15 is 0 Å². The maximum absolute atomic E-state index is 12.9. The maximum atomic E-state index is 12.9. The Bertz CT molecular complexity index is 1240. The summed E-state index contributed by atoms with van der Waals surface area (Å²) in [5.74, 6) is -0.421. The third kappa shape index (κ3) is 4.97. The van der Waals surface area contributed by atoms with E-state index in [4.69, 9.17) is 10.00 Å². The highest BCUT2D eigenvalue weighted by atomic mass is 79.9. The van der Waals surface area contributed by atoms with Crippen LogP contribution in [0.4, 0.5) is 11.4 Å². The number of hydrogen-bond donors (Lipinski definition) is 2. The molecular formula is C21H16BrN3O4S. The molecule has 0 saturated carbocycles. The number of carbonyl (C=O) groups is 1. The monoisotopic (exact) mass is 485 g/mol. The average Bonchev–Trinajstić information content (AvgIpc) is 2.74. The van der Waals surface area contributed by atoms with E-state index in [9.17, 15) is 13.2 Å². The maximum Gasteiger partial charge on any atom is 0.265 e. The van der Waals surface area contributed by atoms with Crippen LogP contribution in [0.5, 0.6) is 5.75 Å². The zero-order valence-electron chi connectivity index (χ0n) is 15.7. The number of nitriles is 1. The summed E-state index contributed by atoms with van der Waals surface area (Å²) < 4.78 is 34.3. The van der Waals surface area contributed by atoms with E-state index in [0.717, 1.165) is 4.47 Å². The normalized spacial score (nSPS) is 10.7. The Labute approximate surface area is 182 Å². The number of hydrogen-bond acceptors (Lipinski definition) is 5. The predicted octanol–water partition coefficient (Wildman–Crippen LogP) is 4.38. The van der Waals surface area contributed by atoms with Gasteiger partial charge >= 0.3 is 0 Å². The van der Waals surface area contributed by atoms with E-state index in [2.05, 4.69) is 26.0 Å². The fourth-order valence-corrected chi connectivity index (χ4v) is 4.14. The van der Waals surface area contributed by atoms with Crippen molar-refractivity contribution in [1.82, 2.24) is 0 Å². The van der Waals surface area contributed by atoms with Crippen molar-refractivity contribution in [1.29, 1.82) is 5.26 Å². The topological polar surface area (TPSA) is 108 Å². The number of sulfonamides is 1. The molecule has 1 amide bonds. The summed E-state index contributed by atoms with van der Waals surface area (Å²) in [5, 5.41) is 11.6. The number of carbonyl (C=O) groups excluding carboxylic acids is 1. The molecule has 0 aromatic heterocycles. The summed E-state index contributed by atoms with van der Waals surface area (Å²) in [6.07, 6.45) is 0. The van der Waals surface area contributed by atoms with Gasteiger partial charge in [0.25, 0.3) is 15.9 Å². The fourth-order valence-electron chi connectivity index (χ4n) is 2.63. The second-order valence-electron chi connectivity index (χ2n) is 6.12. The van der Waals surface area contributed by atoms with Gasteiger partial charge in [0, 0.05) is 21.4 Å². The summed E-state index contributed by atoms with van der Waals surface area (Å²) >= 11 is 3.29. The number of nitrogens with one attached hydrogen (secondary N) is 2. The van der Waals surface area contributed by atoms with Crippen molar-refractivity contribution in [2.24, 2.45) is 0 Å². The number of halogens is 1. The lowest BCUT2D eigenvalue weighted by Crippen LogP contribution is -2.17. The van der Waals surface area contributed by atoms with Crippen molar-refractivity contribution in [3.05, 3.63) is 82.3 Å². The number of amides is 1. The Morgan fingerprint density at radius 1 is 1.03 bits per heavy atom. The highest BCUT2D eigenvalue weighted by Crippen LogP contribution is 2.28. The number of ether oxygens (including phenoxy) is 1. The molecule has 0 unspecified atom stereocenters. The Balaban J connectivity index is 1.91. The Hall–Kier alpha value is -3.35. The molecule has 0 atom stereocenters. The second kappa shape index (κ2) is 8.98. The molecule has 3 aromatic carbocycles. The molecule has 30 heavy (non-hydrogen) atoms. The number of methoxy groups -OCH3 is 1. The molecule has 9 heteroatoms. The summed E-state index contributed by atoms with van der Waals surface area (Å²) in [6, 6.07) is 19.1. The summed E-state index contributed by atoms with van der Waals surface area (Å²) in [6.45, 7) is 0. The molecule has 3 aromatic rings. The van der Waals surface area contributed by atoms with Crippen LogP contribution in [0, 0.1) is 11.3 Å². The molecule has 0 aliphatic carbocycles. The van der Waals surface area contributed by atoms with Crippen LogP contribution in [0.2, 0.25) is 0 Å². The van der Waals surface area contributed by atoms with E-state index < -0.39 is 15.9 Å². The quantitative estimate of drug-likeness (QED) is 0.538. The van der Waals surface area contributed by atoms with Crippen molar-refractivity contribution >= 4 is 43.2 Å². The van der Waals surface area contributed by atoms with Crippen LogP contribution >= 0.6 is 15.9 Å². The van der Waals surface area contributed by atoms with Crippen molar-refractivity contribution in [2.75, 3.05) is 17.1 Å². The Kier molecular flexibility index (Phi) is 6.40. The van der Waals surface area contributed by atoms with Gasteiger partial charge in [-0.05, 0) is 60.7 Å². The van der Waals surface area contributed by atoms with Gasteiger partial charge in [-0.25, -0.2) is 8.42 Å². The van der Waals surface area contributed by atoms with Crippen LogP contribution < -0.4 is 14.8 Å². The highest BCUT2D eigenvalue weighted by molar-refractivity contribution is 9.10. The van der Waals surface area contributed by atoms with Gasteiger partial charge < -0.3 is 10.1 Å². The van der Waals surface area contributed by atoms with Gasteiger partial charge in [0.05, 0.1) is 18.7 Å². The molecule has 152 valence electrons. The molecule has 7 nitrogen and oxygen atoms in total. The van der Waals surface area contributed by atoms with Crippen molar-refractivity contribution < 1.29 is 17.9 Å². The molecule has 0 fully saturated rings. The predicted molar refractivity (Wildman–Crippen MR) is 117 cm³/mol. The van der Waals surface area contributed by atoms with Crippen molar-refractivity contribution in [2.45, 2.75) is 4.90 Å². The Morgan fingerprint density at radius 2 is 1.77 bits per heavy atom. The van der Waals surface area contributed by atoms with Gasteiger partial charge in [0.2, 0.25) is 0 Å². The van der Waals surface area contributed by atoms with Crippen LogP contribution in [-0.2, 0) is 10.0 Å². The van der Waals surface area contributed by atoms with Crippen LogP contribution in [0.3, 0.4) is 0 Å². The minimum absolute atomic E-state index is 0.0997. The smallest absolute Gasteiger partial charge is 0.265 e. The van der Waals surface area contributed by atoms with E-state index in [1.54, 1.807) is 42.5 Å². The van der Waals surface area contributed by atoms with Gasteiger partial charge in [-0.1, -0.05) is 22.0 Å². The van der Waals surface area contributed by atoms with Crippen LogP contribution in [-0.4, -0.2) is 21.4 Å². The number of benzene rings is 3. The number of rotatable bonds is 6. The largest absolute Gasteiger partial charge is 0.495 e. The first-order valence-electron chi connectivity index (χ1n) is 8.60. The van der Waals surface area contributed by atoms with E-state index in [0.29, 0.717) is 16.9 Å². The second-order valence-corrected chi connectivity index (χ2v) is 8.69. The third-order valence-corrected chi connectivity index (χ3v) is 5.99. The average molecular weight is 486 g/mol. The molecule has 0 aliphatic heterocycles. The zero-order valence-corrected chi connectivity index (χ0v) is 18.1. The molecular weight excluding hydrogens is 470 g/mol. The SMILES string of the molecule is COc1ccc(C(=O)Nc2cccc(C#N)c2)cc1S(=O)(=O)Nc1ccc(Br)cc1. The van der Waals surface area contributed by atoms with Crippen molar-refractivity contribution in [3.63, 3.8) is 0 Å². The standard InChI is InChI=1S/C21H16BrN3O4S/c1-29-19-10-5-15(21(26)24-18-4-2-3-14(11-18)13-23)12-20(19)30(27,28)25-17-8-6-16(22)7-9-17/h2-12,25H,1H3,(H,24,26). The summed E-state index contributed by atoms with van der Waals surface area (Å²) in [4.78, 5) is 12.5. The van der Waals surface area contributed by atoms with Gasteiger partial charge in [-0.3, -0.25) is 9.52 Å². The molecule has 2 N–H and O–H groups in total. The van der Waals surface area contributed by atoms with E-state index in [1.807, 2.05) is 6.07 Å². The number of anilines is 2. The fraction of sp³-hybridized carbons (Fsp3) is 0.0476. The lowest BCUT2D eigenvalue weighted by molar-refractivity contribution is 0.102. The lowest BCUT2D eigenvalue weighted by Gasteiger charge is -2.13. The van der Waals surface area contributed by atoms with Crippen LogP contribution in [0.1, 0.15) is 15.9 Å².